The Bertz CT molecular complexity index is 716. The van der Waals surface area contributed by atoms with Crippen LogP contribution in [-0.4, -0.2) is 39.4 Å². The molecule has 0 heterocycles. The Morgan fingerprint density at radius 3 is 2.37 bits per heavy atom. The van der Waals surface area contributed by atoms with Crippen LogP contribution in [0.1, 0.15) is 79.6 Å². The quantitative estimate of drug-likeness (QED) is 0.603. The molecular weight excluding hydrogens is 376 g/mol. The van der Waals surface area contributed by atoms with E-state index in [-0.39, 0.29) is 40.5 Å². The smallest absolute Gasteiger partial charge is 0.161 e. The van der Waals surface area contributed by atoms with E-state index in [1.54, 1.807) is 0 Å². The lowest BCUT2D eigenvalue weighted by Crippen LogP contribution is -2.57. The van der Waals surface area contributed by atoms with Gasteiger partial charge in [0.05, 0.1) is 18.3 Å². The number of aliphatic hydroxyl groups excluding tert-OH is 3. The van der Waals surface area contributed by atoms with Crippen molar-refractivity contribution in [2.45, 2.75) is 97.9 Å². The summed E-state index contributed by atoms with van der Waals surface area (Å²) < 4.78 is 0. The number of hydrogen-bond acceptors (Lipinski definition) is 4. The van der Waals surface area contributed by atoms with Crippen LogP contribution in [0.3, 0.4) is 0 Å². The van der Waals surface area contributed by atoms with Gasteiger partial charge in [-0.05, 0) is 105 Å². The molecule has 0 aromatic heterocycles. The number of allylic oxidation sites excluding steroid dienone is 2. The molecule has 0 aromatic carbocycles. The first-order valence-corrected chi connectivity index (χ1v) is 12.3. The van der Waals surface area contributed by atoms with E-state index < -0.39 is 12.2 Å². The van der Waals surface area contributed by atoms with Crippen molar-refractivity contribution in [2.24, 2.45) is 46.3 Å². The molecule has 11 atom stereocenters. The van der Waals surface area contributed by atoms with E-state index in [0.717, 1.165) is 37.7 Å². The van der Waals surface area contributed by atoms with Gasteiger partial charge in [-0.3, -0.25) is 4.79 Å². The summed E-state index contributed by atoms with van der Waals surface area (Å²) in [4.78, 5) is 13.0. The Morgan fingerprint density at radius 1 is 1.00 bits per heavy atom. The van der Waals surface area contributed by atoms with Crippen LogP contribution in [-0.2, 0) is 4.79 Å². The lowest BCUT2D eigenvalue weighted by Gasteiger charge is -2.61. The lowest BCUT2D eigenvalue weighted by atomic mass is 9.44. The summed E-state index contributed by atoms with van der Waals surface area (Å²) in [5.74, 6) is 2.06. The van der Waals surface area contributed by atoms with Crippen LogP contribution in [0.15, 0.2) is 11.6 Å². The minimum absolute atomic E-state index is 0.000323. The largest absolute Gasteiger partial charge is 0.393 e. The van der Waals surface area contributed by atoms with Crippen molar-refractivity contribution < 1.29 is 20.1 Å². The van der Waals surface area contributed by atoms with Crippen molar-refractivity contribution >= 4 is 5.78 Å². The molecule has 0 saturated heterocycles. The third kappa shape index (κ3) is 3.16. The number of ketones is 1. The molecule has 0 radical (unpaired) electrons. The van der Waals surface area contributed by atoms with Gasteiger partial charge in [0.2, 0.25) is 0 Å². The fourth-order valence-corrected chi connectivity index (χ4v) is 8.85. The molecule has 4 heteroatoms. The SMILES string of the molecule is CC=C(C)C(=O)C(C)C1CC(O)C2C3CCC4CC(O)C(O)CC4(C)C3CCC12C. The standard InChI is InChI=1S/C26H42O4/c1-6-14(2)24(30)15(3)19-12-21(28)23-17-8-7-16-11-20(27)22(29)13-26(16,5)18(17)9-10-25(19,23)4/h6,15-23,27-29H,7-13H2,1-5H3. The van der Waals surface area contributed by atoms with Gasteiger partial charge in [0, 0.05) is 5.92 Å². The van der Waals surface area contributed by atoms with Gasteiger partial charge in [-0.25, -0.2) is 0 Å². The zero-order valence-electron chi connectivity index (χ0n) is 19.5. The Kier molecular flexibility index (Phi) is 5.77. The highest BCUT2D eigenvalue weighted by Gasteiger charge is 2.64. The second-order valence-corrected chi connectivity index (χ2v) is 11.7. The topological polar surface area (TPSA) is 77.8 Å². The summed E-state index contributed by atoms with van der Waals surface area (Å²) in [6.45, 7) is 10.6. The van der Waals surface area contributed by atoms with Crippen molar-refractivity contribution in [2.75, 3.05) is 0 Å². The fraction of sp³-hybridized carbons (Fsp3) is 0.885. The van der Waals surface area contributed by atoms with Crippen LogP contribution in [0.4, 0.5) is 0 Å². The summed E-state index contributed by atoms with van der Waals surface area (Å²) in [5.41, 5.74) is 0.879. The minimum Gasteiger partial charge on any atom is -0.393 e. The number of carbonyl (C=O) groups is 1. The maximum atomic E-state index is 13.0. The average molecular weight is 419 g/mol. The van der Waals surface area contributed by atoms with E-state index in [4.69, 9.17) is 0 Å². The van der Waals surface area contributed by atoms with Gasteiger partial charge in [0.15, 0.2) is 5.78 Å². The second-order valence-electron chi connectivity index (χ2n) is 11.7. The van der Waals surface area contributed by atoms with Gasteiger partial charge in [0.1, 0.15) is 0 Å². The fourth-order valence-electron chi connectivity index (χ4n) is 8.85. The van der Waals surface area contributed by atoms with Crippen molar-refractivity contribution in [3.8, 4) is 0 Å². The van der Waals surface area contributed by atoms with Crippen molar-refractivity contribution in [3.63, 3.8) is 0 Å². The number of aliphatic hydroxyl groups is 3. The van der Waals surface area contributed by atoms with Gasteiger partial charge < -0.3 is 15.3 Å². The first-order chi connectivity index (χ1) is 14.0. The van der Waals surface area contributed by atoms with Crippen LogP contribution in [0.25, 0.3) is 0 Å². The number of hydrogen-bond donors (Lipinski definition) is 3. The summed E-state index contributed by atoms with van der Waals surface area (Å²) in [7, 11) is 0. The van der Waals surface area contributed by atoms with E-state index in [1.807, 2.05) is 19.9 Å². The maximum absolute atomic E-state index is 13.0. The highest BCUT2D eigenvalue weighted by Crippen LogP contribution is 2.68. The molecule has 0 bridgehead atoms. The van der Waals surface area contributed by atoms with Crippen LogP contribution in [0.5, 0.6) is 0 Å². The monoisotopic (exact) mass is 418 g/mol. The molecule has 4 aliphatic rings. The number of carbonyl (C=O) groups excluding carboxylic acids is 1. The van der Waals surface area contributed by atoms with Crippen LogP contribution >= 0.6 is 0 Å². The van der Waals surface area contributed by atoms with Gasteiger partial charge in [-0.2, -0.15) is 0 Å². The molecule has 4 aliphatic carbocycles. The Hall–Kier alpha value is -0.710. The number of rotatable bonds is 3. The molecule has 3 N–H and O–H groups in total. The molecule has 4 rings (SSSR count). The second kappa shape index (κ2) is 7.71. The Morgan fingerprint density at radius 2 is 1.70 bits per heavy atom. The summed E-state index contributed by atoms with van der Waals surface area (Å²) in [5, 5.41) is 32.0. The summed E-state index contributed by atoms with van der Waals surface area (Å²) in [6, 6.07) is 0. The van der Waals surface area contributed by atoms with Gasteiger partial charge in [-0.1, -0.05) is 26.8 Å². The van der Waals surface area contributed by atoms with E-state index in [9.17, 15) is 20.1 Å². The number of Topliss-reactive ketones (excluding diaryl/α,β-unsaturated/α-hetero) is 1. The first kappa shape index (κ1) is 22.5. The molecule has 0 aliphatic heterocycles. The van der Waals surface area contributed by atoms with Gasteiger partial charge >= 0.3 is 0 Å². The van der Waals surface area contributed by atoms with E-state index in [0.29, 0.717) is 30.6 Å². The van der Waals surface area contributed by atoms with E-state index in [2.05, 4.69) is 20.8 Å². The molecule has 170 valence electrons. The van der Waals surface area contributed by atoms with E-state index >= 15 is 0 Å². The molecule has 4 fully saturated rings. The predicted molar refractivity (Wildman–Crippen MR) is 118 cm³/mol. The highest BCUT2D eigenvalue weighted by atomic mass is 16.3. The third-order valence-corrected chi connectivity index (χ3v) is 10.6. The van der Waals surface area contributed by atoms with Crippen molar-refractivity contribution in [1.82, 2.24) is 0 Å². The van der Waals surface area contributed by atoms with Crippen molar-refractivity contribution in [1.29, 1.82) is 0 Å². The van der Waals surface area contributed by atoms with Crippen LogP contribution in [0.2, 0.25) is 0 Å². The predicted octanol–water partition coefficient (Wildman–Crippen LogP) is 4.12. The molecule has 30 heavy (non-hydrogen) atoms. The van der Waals surface area contributed by atoms with Crippen LogP contribution in [0, 0.1) is 46.3 Å². The van der Waals surface area contributed by atoms with Gasteiger partial charge in [0.25, 0.3) is 0 Å². The highest BCUT2D eigenvalue weighted by molar-refractivity contribution is 5.96. The summed E-state index contributed by atoms with van der Waals surface area (Å²) in [6.07, 6.45) is 6.83. The molecule has 4 nitrogen and oxygen atoms in total. The molecule has 11 unspecified atom stereocenters. The molecule has 0 aromatic rings. The zero-order chi connectivity index (χ0) is 22.0. The maximum Gasteiger partial charge on any atom is 0.161 e. The lowest BCUT2D eigenvalue weighted by molar-refractivity contribution is -0.169. The van der Waals surface area contributed by atoms with Crippen molar-refractivity contribution in [3.05, 3.63) is 11.6 Å². The minimum atomic E-state index is -0.624. The molecule has 4 saturated carbocycles. The Labute approximate surface area is 182 Å². The van der Waals surface area contributed by atoms with Gasteiger partial charge in [-0.15, -0.1) is 0 Å². The summed E-state index contributed by atoms with van der Waals surface area (Å²) >= 11 is 0. The molecule has 0 spiro atoms. The first-order valence-electron chi connectivity index (χ1n) is 12.3. The third-order valence-electron chi connectivity index (χ3n) is 10.6. The molecular formula is C26H42O4. The normalized spacial score (nSPS) is 52.2. The van der Waals surface area contributed by atoms with E-state index in [1.165, 1.54) is 0 Å². The number of fused-ring (bicyclic) bond motifs is 5. The molecule has 0 amide bonds. The average Bonchev–Trinajstić information content (AvgIpc) is 2.98. The Balaban J connectivity index is 1.62. The van der Waals surface area contributed by atoms with Crippen LogP contribution < -0.4 is 0 Å². The zero-order valence-corrected chi connectivity index (χ0v) is 19.5.